The van der Waals surface area contributed by atoms with E-state index in [-0.39, 0.29) is 18.2 Å². The van der Waals surface area contributed by atoms with E-state index in [9.17, 15) is 9.90 Å². The van der Waals surface area contributed by atoms with Crippen LogP contribution < -0.4 is 5.32 Å². The number of carbonyl (C=O) groups is 1. The van der Waals surface area contributed by atoms with E-state index in [1.807, 2.05) is 0 Å². The van der Waals surface area contributed by atoms with Gasteiger partial charge in [-0.05, 0) is 25.0 Å². The highest BCUT2D eigenvalue weighted by atomic mass is 79.9. The number of benzene rings is 1. The molecule has 22 heavy (non-hydrogen) atoms. The molecule has 2 aromatic rings. The lowest BCUT2D eigenvalue weighted by Gasteiger charge is -2.16. The van der Waals surface area contributed by atoms with Gasteiger partial charge in [0.05, 0.1) is 28.1 Å². The van der Waals surface area contributed by atoms with Gasteiger partial charge >= 0.3 is 0 Å². The van der Waals surface area contributed by atoms with Crippen LogP contribution in [-0.4, -0.2) is 28.6 Å². The number of aromatic amines is 1. The summed E-state index contributed by atoms with van der Waals surface area (Å²) in [4.78, 5) is 15.4. The average molecular weight is 406 g/mol. The molecule has 1 aromatic carbocycles. The maximum absolute atomic E-state index is 12.0. The second kappa shape index (κ2) is 6.04. The van der Waals surface area contributed by atoms with Gasteiger partial charge in [0.2, 0.25) is 5.91 Å². The fraction of sp³-hybridized carbons (Fsp3) is 0.400. The fourth-order valence-electron chi connectivity index (χ4n) is 3.06. The fourth-order valence-corrected chi connectivity index (χ4v) is 4.26. The van der Waals surface area contributed by atoms with Gasteiger partial charge in [-0.25, -0.2) is 0 Å². The van der Waals surface area contributed by atoms with Crippen molar-refractivity contribution in [3.8, 4) is 0 Å². The van der Waals surface area contributed by atoms with Crippen LogP contribution in [0.4, 0.5) is 0 Å². The summed E-state index contributed by atoms with van der Waals surface area (Å²) in [7, 11) is 0. The van der Waals surface area contributed by atoms with Crippen molar-refractivity contribution in [1.29, 1.82) is 0 Å². The highest BCUT2D eigenvalue weighted by Crippen LogP contribution is 2.41. The van der Waals surface area contributed by atoms with Gasteiger partial charge in [-0.15, -0.1) is 0 Å². The molecule has 1 aromatic heterocycles. The van der Waals surface area contributed by atoms with Gasteiger partial charge in [0.25, 0.3) is 0 Å². The molecule has 0 spiro atoms. The van der Waals surface area contributed by atoms with Crippen LogP contribution in [0.3, 0.4) is 0 Å². The molecule has 2 heterocycles. The van der Waals surface area contributed by atoms with Crippen molar-refractivity contribution in [3.63, 3.8) is 0 Å². The van der Waals surface area contributed by atoms with Crippen LogP contribution in [-0.2, 0) is 11.2 Å². The second-order valence-electron chi connectivity index (χ2n) is 5.68. The smallest absolute Gasteiger partial charge is 0.224 e. The molecule has 0 bridgehead atoms. The van der Waals surface area contributed by atoms with Gasteiger partial charge in [0.1, 0.15) is 0 Å². The first-order valence-electron chi connectivity index (χ1n) is 7.01. The number of aromatic nitrogens is 1. The van der Waals surface area contributed by atoms with Gasteiger partial charge in [-0.1, -0.05) is 39.1 Å². The van der Waals surface area contributed by atoms with E-state index >= 15 is 0 Å². The number of aliphatic hydroxyl groups excluding tert-OH is 1. The summed E-state index contributed by atoms with van der Waals surface area (Å²) in [5.74, 6) is -0.0243. The molecule has 2 unspecified atom stereocenters. The first-order valence-corrected chi connectivity index (χ1v) is 8.56. The third kappa shape index (κ3) is 2.75. The van der Waals surface area contributed by atoms with Gasteiger partial charge in [-0.3, -0.25) is 4.79 Å². The maximum Gasteiger partial charge on any atom is 0.224 e. The zero-order valence-corrected chi connectivity index (χ0v) is 14.9. The Kier molecular flexibility index (Phi) is 4.42. The molecule has 0 aliphatic carbocycles. The van der Waals surface area contributed by atoms with Crippen LogP contribution in [0.5, 0.6) is 0 Å². The van der Waals surface area contributed by atoms with Crippen molar-refractivity contribution in [1.82, 2.24) is 10.3 Å². The van der Waals surface area contributed by atoms with E-state index in [4.69, 9.17) is 23.2 Å². The molecular weight excluding hydrogens is 391 g/mol. The zero-order valence-electron chi connectivity index (χ0n) is 11.8. The molecule has 1 aliphatic heterocycles. The molecule has 0 saturated carbocycles. The van der Waals surface area contributed by atoms with E-state index in [0.717, 1.165) is 26.6 Å². The molecule has 0 radical (unpaired) electrons. The second-order valence-corrected chi connectivity index (χ2v) is 7.32. The van der Waals surface area contributed by atoms with E-state index in [0.29, 0.717) is 23.0 Å². The SMILES string of the molecule is CC(O)CC1CNC(=O)Cc2c1[nH]c1c(Cl)c(Cl)cc(Br)c21. The summed E-state index contributed by atoms with van der Waals surface area (Å²) >= 11 is 16.0. The topological polar surface area (TPSA) is 65.1 Å². The molecule has 7 heteroatoms. The predicted octanol–water partition coefficient (Wildman–Crippen LogP) is 3.76. The predicted molar refractivity (Wildman–Crippen MR) is 91.8 cm³/mol. The normalized spacial score (nSPS) is 19.7. The first-order chi connectivity index (χ1) is 10.4. The molecule has 1 aliphatic rings. The summed E-state index contributed by atoms with van der Waals surface area (Å²) in [5, 5.41) is 14.4. The van der Waals surface area contributed by atoms with E-state index in [1.54, 1.807) is 13.0 Å². The van der Waals surface area contributed by atoms with Crippen molar-refractivity contribution >= 4 is 55.9 Å². The van der Waals surface area contributed by atoms with Crippen LogP contribution in [0.2, 0.25) is 10.0 Å². The number of carbonyl (C=O) groups excluding carboxylic acids is 1. The van der Waals surface area contributed by atoms with E-state index in [2.05, 4.69) is 26.2 Å². The highest BCUT2D eigenvalue weighted by Gasteiger charge is 2.28. The Morgan fingerprint density at radius 1 is 1.50 bits per heavy atom. The standard InChI is InChI=1S/C15H15BrCl2N2O2/c1-6(21)2-7-5-19-11(22)3-8-12-9(16)4-10(17)13(18)15(12)20-14(7)8/h4,6-7,20-21H,2-3,5H2,1H3,(H,19,22). The molecule has 2 atom stereocenters. The largest absolute Gasteiger partial charge is 0.393 e. The lowest BCUT2D eigenvalue weighted by molar-refractivity contribution is -0.120. The number of rotatable bonds is 2. The lowest BCUT2D eigenvalue weighted by Crippen LogP contribution is -2.27. The number of hydrogen-bond acceptors (Lipinski definition) is 2. The van der Waals surface area contributed by atoms with Gasteiger partial charge < -0.3 is 15.4 Å². The average Bonchev–Trinajstić information content (AvgIpc) is 2.73. The van der Waals surface area contributed by atoms with Crippen molar-refractivity contribution in [2.75, 3.05) is 6.54 Å². The van der Waals surface area contributed by atoms with Gasteiger partial charge in [0.15, 0.2) is 0 Å². The van der Waals surface area contributed by atoms with Crippen molar-refractivity contribution in [2.45, 2.75) is 31.8 Å². The first kappa shape index (κ1) is 16.1. The van der Waals surface area contributed by atoms with Crippen molar-refractivity contribution in [3.05, 3.63) is 31.8 Å². The molecular formula is C15H15BrCl2N2O2. The summed E-state index contributed by atoms with van der Waals surface area (Å²) in [6, 6.07) is 1.74. The third-order valence-corrected chi connectivity index (χ3v) is 5.39. The molecule has 1 amide bonds. The number of amides is 1. The Balaban J connectivity index is 2.26. The zero-order chi connectivity index (χ0) is 16.0. The van der Waals surface area contributed by atoms with E-state index < -0.39 is 6.10 Å². The molecule has 4 nitrogen and oxygen atoms in total. The van der Waals surface area contributed by atoms with Crippen LogP contribution in [0.25, 0.3) is 10.9 Å². The Labute approximate surface area is 146 Å². The number of nitrogens with one attached hydrogen (secondary N) is 2. The number of H-pyrrole nitrogens is 1. The van der Waals surface area contributed by atoms with Crippen LogP contribution in [0.15, 0.2) is 10.5 Å². The Hall–Kier alpha value is -0.750. The van der Waals surface area contributed by atoms with Gasteiger partial charge in [-0.2, -0.15) is 0 Å². The van der Waals surface area contributed by atoms with Gasteiger partial charge in [0, 0.05) is 28.0 Å². The number of aliphatic hydroxyl groups is 1. The number of halogens is 3. The van der Waals surface area contributed by atoms with E-state index in [1.165, 1.54) is 0 Å². The summed E-state index contributed by atoms with van der Waals surface area (Å²) < 4.78 is 0.805. The third-order valence-electron chi connectivity index (χ3n) is 3.97. The molecule has 0 fully saturated rings. The summed E-state index contributed by atoms with van der Waals surface area (Å²) in [6.45, 7) is 2.24. The summed E-state index contributed by atoms with van der Waals surface area (Å²) in [6.07, 6.45) is 0.382. The highest BCUT2D eigenvalue weighted by molar-refractivity contribution is 9.10. The van der Waals surface area contributed by atoms with Crippen LogP contribution in [0.1, 0.15) is 30.5 Å². The van der Waals surface area contributed by atoms with Crippen LogP contribution >= 0.6 is 39.1 Å². The van der Waals surface area contributed by atoms with Crippen molar-refractivity contribution in [2.24, 2.45) is 0 Å². The monoisotopic (exact) mass is 404 g/mol. The minimum absolute atomic E-state index is 0.00981. The molecule has 118 valence electrons. The maximum atomic E-state index is 12.0. The molecule has 3 rings (SSSR count). The Bertz CT molecular complexity index is 758. The summed E-state index contributed by atoms with van der Waals surface area (Å²) in [5.41, 5.74) is 2.59. The number of fused-ring (bicyclic) bond motifs is 3. The molecule has 3 N–H and O–H groups in total. The Morgan fingerprint density at radius 3 is 2.91 bits per heavy atom. The van der Waals surface area contributed by atoms with Crippen molar-refractivity contribution < 1.29 is 9.90 Å². The molecule has 0 saturated heterocycles. The number of hydrogen-bond donors (Lipinski definition) is 3. The lowest BCUT2D eigenvalue weighted by atomic mass is 9.95. The minimum Gasteiger partial charge on any atom is -0.393 e. The Morgan fingerprint density at radius 2 is 2.23 bits per heavy atom. The minimum atomic E-state index is -0.457. The van der Waals surface area contributed by atoms with Crippen LogP contribution in [0, 0.1) is 0 Å². The quantitative estimate of drug-likeness (QED) is 0.666.